The van der Waals surface area contributed by atoms with E-state index in [1.807, 2.05) is 11.8 Å². The molecule has 0 aliphatic heterocycles. The number of sulfonamides is 1. The van der Waals surface area contributed by atoms with Gasteiger partial charge in [-0.3, -0.25) is 9.52 Å². The molecule has 9 heteroatoms. The largest absolute Gasteiger partial charge is 0.507 e. The SMILES string of the molecule is CSC1CCCC(NC(=O)c2ccc(NS(=O)(=O)c3cccs3)cc2O)C1. The third-order valence-corrected chi connectivity index (χ3v) is 8.42. The predicted octanol–water partition coefficient (Wildman–Crippen LogP) is 3.66. The quantitative estimate of drug-likeness (QED) is 0.655. The molecule has 0 radical (unpaired) electrons. The number of benzene rings is 1. The standard InChI is InChI=1S/C18H22N2O4S3/c1-25-14-5-2-4-12(10-14)19-18(22)15-8-7-13(11-16(15)21)20-27(23,24)17-6-3-9-26-17/h3,6-9,11-12,14,20-21H,2,4-5,10H2,1H3,(H,19,22). The normalized spacial score (nSPS) is 20.2. The monoisotopic (exact) mass is 426 g/mol. The summed E-state index contributed by atoms with van der Waals surface area (Å²) in [7, 11) is -3.70. The third-order valence-electron chi connectivity index (χ3n) is 4.55. The zero-order chi connectivity index (χ0) is 19.4. The minimum atomic E-state index is -3.70. The zero-order valence-electron chi connectivity index (χ0n) is 14.8. The van der Waals surface area contributed by atoms with E-state index in [2.05, 4.69) is 16.3 Å². The summed E-state index contributed by atoms with van der Waals surface area (Å²) >= 11 is 2.92. The van der Waals surface area contributed by atoms with E-state index in [4.69, 9.17) is 0 Å². The molecule has 3 rings (SSSR count). The Labute approximate surface area is 167 Å². The molecule has 0 saturated heterocycles. The van der Waals surface area contributed by atoms with Gasteiger partial charge in [0.15, 0.2) is 0 Å². The maximum Gasteiger partial charge on any atom is 0.271 e. The number of carbonyl (C=O) groups is 1. The number of carbonyl (C=O) groups excluding carboxylic acids is 1. The van der Waals surface area contributed by atoms with Crippen molar-refractivity contribution in [1.29, 1.82) is 0 Å². The number of phenols is 1. The van der Waals surface area contributed by atoms with Crippen molar-refractivity contribution in [2.75, 3.05) is 11.0 Å². The van der Waals surface area contributed by atoms with Gasteiger partial charge >= 0.3 is 0 Å². The highest BCUT2D eigenvalue weighted by Gasteiger charge is 2.24. The second-order valence-electron chi connectivity index (χ2n) is 6.46. The van der Waals surface area contributed by atoms with E-state index in [9.17, 15) is 18.3 Å². The van der Waals surface area contributed by atoms with Gasteiger partial charge in [-0.05, 0) is 49.1 Å². The van der Waals surface area contributed by atoms with Crippen LogP contribution in [0.15, 0.2) is 39.9 Å². The van der Waals surface area contributed by atoms with E-state index in [0.717, 1.165) is 37.0 Å². The number of hydrogen-bond donors (Lipinski definition) is 3. The summed E-state index contributed by atoms with van der Waals surface area (Å²) < 4.78 is 27.1. The van der Waals surface area contributed by atoms with Gasteiger partial charge in [0.25, 0.3) is 15.9 Å². The van der Waals surface area contributed by atoms with E-state index >= 15 is 0 Å². The second kappa shape index (κ2) is 8.53. The van der Waals surface area contributed by atoms with Crippen LogP contribution >= 0.6 is 23.1 Å². The summed E-state index contributed by atoms with van der Waals surface area (Å²) in [6.45, 7) is 0. The van der Waals surface area contributed by atoms with Crippen LogP contribution in [0.2, 0.25) is 0 Å². The number of thiophene rings is 1. The van der Waals surface area contributed by atoms with Crippen molar-refractivity contribution < 1.29 is 18.3 Å². The first-order valence-corrected chi connectivity index (χ1v) is 12.3. The fraction of sp³-hybridized carbons (Fsp3) is 0.389. The lowest BCUT2D eigenvalue weighted by atomic mass is 9.94. The van der Waals surface area contributed by atoms with Crippen LogP contribution in [-0.4, -0.2) is 37.0 Å². The molecule has 27 heavy (non-hydrogen) atoms. The number of anilines is 1. The fourth-order valence-corrected chi connectivity index (χ4v) is 6.03. The van der Waals surface area contributed by atoms with Gasteiger partial charge in [-0.15, -0.1) is 11.3 Å². The number of nitrogens with one attached hydrogen (secondary N) is 2. The molecular weight excluding hydrogens is 404 g/mol. The highest BCUT2D eigenvalue weighted by atomic mass is 32.2. The number of phenolic OH excluding ortho intramolecular Hbond substituents is 1. The molecular formula is C18H22N2O4S3. The molecule has 6 nitrogen and oxygen atoms in total. The summed E-state index contributed by atoms with van der Waals surface area (Å²) in [6.07, 6.45) is 6.18. The van der Waals surface area contributed by atoms with E-state index in [1.54, 1.807) is 11.4 Å². The minimum Gasteiger partial charge on any atom is -0.507 e. The Morgan fingerprint density at radius 2 is 2.11 bits per heavy atom. The van der Waals surface area contributed by atoms with Crippen molar-refractivity contribution >= 4 is 44.7 Å². The number of hydrogen-bond acceptors (Lipinski definition) is 6. The van der Waals surface area contributed by atoms with Crippen LogP contribution in [0.5, 0.6) is 5.75 Å². The van der Waals surface area contributed by atoms with Crippen LogP contribution < -0.4 is 10.0 Å². The summed E-state index contributed by atoms with van der Waals surface area (Å²) in [5, 5.41) is 15.4. The Morgan fingerprint density at radius 3 is 2.78 bits per heavy atom. The molecule has 1 aromatic carbocycles. The van der Waals surface area contributed by atoms with Gasteiger partial charge in [-0.25, -0.2) is 8.42 Å². The molecule has 1 saturated carbocycles. The van der Waals surface area contributed by atoms with Crippen molar-refractivity contribution in [3.8, 4) is 5.75 Å². The topological polar surface area (TPSA) is 95.5 Å². The van der Waals surface area contributed by atoms with E-state index in [1.165, 1.54) is 24.3 Å². The highest BCUT2D eigenvalue weighted by molar-refractivity contribution is 7.99. The average molecular weight is 427 g/mol. The van der Waals surface area contributed by atoms with Gasteiger partial charge in [0.2, 0.25) is 0 Å². The zero-order valence-corrected chi connectivity index (χ0v) is 17.3. The third kappa shape index (κ3) is 4.97. The Balaban J connectivity index is 1.68. The lowest BCUT2D eigenvalue weighted by molar-refractivity contribution is 0.0926. The van der Waals surface area contributed by atoms with Crippen LogP contribution in [0.25, 0.3) is 0 Å². The number of rotatable bonds is 6. The first-order chi connectivity index (χ1) is 12.9. The van der Waals surface area contributed by atoms with Gasteiger partial charge < -0.3 is 10.4 Å². The number of thioether (sulfide) groups is 1. The average Bonchev–Trinajstić information content (AvgIpc) is 3.17. The molecule has 1 aromatic heterocycles. The molecule has 1 aliphatic carbocycles. The summed E-state index contributed by atoms with van der Waals surface area (Å²) in [6, 6.07) is 7.42. The Bertz CT molecular complexity index is 897. The van der Waals surface area contributed by atoms with Crippen LogP contribution in [0.1, 0.15) is 36.0 Å². The van der Waals surface area contributed by atoms with Crippen LogP contribution in [0.3, 0.4) is 0 Å². The highest BCUT2D eigenvalue weighted by Crippen LogP contribution is 2.29. The molecule has 1 heterocycles. The predicted molar refractivity (Wildman–Crippen MR) is 110 cm³/mol. The van der Waals surface area contributed by atoms with Crippen LogP contribution in [0, 0.1) is 0 Å². The van der Waals surface area contributed by atoms with Crippen molar-refractivity contribution in [3.05, 3.63) is 41.3 Å². The molecule has 2 aromatic rings. The minimum absolute atomic E-state index is 0.0973. The smallest absolute Gasteiger partial charge is 0.271 e. The van der Waals surface area contributed by atoms with E-state index in [-0.39, 0.29) is 33.2 Å². The summed E-state index contributed by atoms with van der Waals surface area (Å²) in [4.78, 5) is 12.5. The molecule has 1 amide bonds. The van der Waals surface area contributed by atoms with Gasteiger partial charge in [-0.2, -0.15) is 11.8 Å². The fourth-order valence-electron chi connectivity index (χ4n) is 3.16. The molecule has 3 N–H and O–H groups in total. The maximum atomic E-state index is 12.5. The maximum absolute atomic E-state index is 12.5. The first kappa shape index (κ1) is 20.0. The van der Waals surface area contributed by atoms with Crippen LogP contribution in [0.4, 0.5) is 5.69 Å². The molecule has 0 spiro atoms. The van der Waals surface area contributed by atoms with Crippen molar-refractivity contribution in [2.45, 2.75) is 41.2 Å². The summed E-state index contributed by atoms with van der Waals surface area (Å²) in [5.41, 5.74) is 0.345. The molecule has 1 aliphatic rings. The van der Waals surface area contributed by atoms with Gasteiger partial charge in [0.05, 0.1) is 11.3 Å². The van der Waals surface area contributed by atoms with Crippen molar-refractivity contribution in [1.82, 2.24) is 5.32 Å². The number of aromatic hydroxyl groups is 1. The van der Waals surface area contributed by atoms with E-state index < -0.39 is 10.0 Å². The lowest BCUT2D eigenvalue weighted by Crippen LogP contribution is -2.39. The molecule has 1 fully saturated rings. The lowest BCUT2D eigenvalue weighted by Gasteiger charge is -2.28. The Hall–Kier alpha value is -1.71. The second-order valence-corrected chi connectivity index (χ2v) is 10.5. The van der Waals surface area contributed by atoms with Crippen molar-refractivity contribution in [2.24, 2.45) is 0 Å². The first-order valence-electron chi connectivity index (χ1n) is 8.62. The molecule has 2 unspecified atom stereocenters. The molecule has 146 valence electrons. The Morgan fingerprint density at radius 1 is 1.30 bits per heavy atom. The van der Waals surface area contributed by atoms with E-state index in [0.29, 0.717) is 5.25 Å². The van der Waals surface area contributed by atoms with Gasteiger partial charge in [0, 0.05) is 17.4 Å². The molecule has 2 atom stereocenters. The molecule has 0 bridgehead atoms. The van der Waals surface area contributed by atoms with Gasteiger partial charge in [-0.1, -0.05) is 12.5 Å². The number of amides is 1. The summed E-state index contributed by atoms with van der Waals surface area (Å²) in [5.74, 6) is -0.594. The van der Waals surface area contributed by atoms with Crippen LogP contribution in [-0.2, 0) is 10.0 Å². The van der Waals surface area contributed by atoms with Crippen molar-refractivity contribution in [3.63, 3.8) is 0 Å². The van der Waals surface area contributed by atoms with Gasteiger partial charge in [0.1, 0.15) is 9.96 Å². The Kier molecular flexibility index (Phi) is 6.33.